The highest BCUT2D eigenvalue weighted by molar-refractivity contribution is 5.81. The fourth-order valence-corrected chi connectivity index (χ4v) is 2.77. The van der Waals surface area contributed by atoms with Crippen molar-refractivity contribution in [3.8, 4) is 11.5 Å². The van der Waals surface area contributed by atoms with E-state index in [1.165, 1.54) is 12.1 Å². The summed E-state index contributed by atoms with van der Waals surface area (Å²) in [5.41, 5.74) is 1.89. The van der Waals surface area contributed by atoms with E-state index in [-0.39, 0.29) is 17.8 Å². The topological polar surface area (TPSA) is 50.8 Å². The SMILES string of the molecule is COc1ccc(CCNC(=O)C(C)N(C)Cc2cccc(F)c2)cc1OC. The summed E-state index contributed by atoms with van der Waals surface area (Å²) in [6.45, 7) is 2.86. The molecule has 146 valence electrons. The lowest BCUT2D eigenvalue weighted by Gasteiger charge is -2.24. The second kappa shape index (κ2) is 9.92. The van der Waals surface area contributed by atoms with Gasteiger partial charge in [0.25, 0.3) is 0 Å². The summed E-state index contributed by atoms with van der Waals surface area (Å²) in [6.07, 6.45) is 0.687. The van der Waals surface area contributed by atoms with Gasteiger partial charge in [0.15, 0.2) is 11.5 Å². The molecule has 1 unspecified atom stereocenters. The van der Waals surface area contributed by atoms with Crippen molar-refractivity contribution in [2.75, 3.05) is 27.8 Å². The number of nitrogens with one attached hydrogen (secondary N) is 1. The van der Waals surface area contributed by atoms with E-state index in [2.05, 4.69) is 5.32 Å². The second-order valence-electron chi connectivity index (χ2n) is 6.45. The molecule has 2 aromatic rings. The number of carbonyl (C=O) groups is 1. The van der Waals surface area contributed by atoms with Crippen molar-refractivity contribution in [3.05, 3.63) is 59.4 Å². The number of benzene rings is 2. The van der Waals surface area contributed by atoms with E-state index in [0.29, 0.717) is 31.0 Å². The lowest BCUT2D eigenvalue weighted by atomic mass is 10.1. The van der Waals surface area contributed by atoms with Crippen LogP contribution in [0.15, 0.2) is 42.5 Å². The van der Waals surface area contributed by atoms with Crippen molar-refractivity contribution in [1.82, 2.24) is 10.2 Å². The molecule has 0 heterocycles. The fourth-order valence-electron chi connectivity index (χ4n) is 2.77. The molecular formula is C21H27FN2O3. The maximum atomic E-state index is 13.3. The van der Waals surface area contributed by atoms with Gasteiger partial charge in [-0.15, -0.1) is 0 Å². The Balaban J connectivity index is 1.84. The molecule has 0 aliphatic rings. The minimum Gasteiger partial charge on any atom is -0.493 e. The van der Waals surface area contributed by atoms with Crippen molar-refractivity contribution in [3.63, 3.8) is 0 Å². The normalized spacial score (nSPS) is 11.9. The molecule has 27 heavy (non-hydrogen) atoms. The summed E-state index contributed by atoms with van der Waals surface area (Å²) in [7, 11) is 5.04. The van der Waals surface area contributed by atoms with Crippen LogP contribution in [0, 0.1) is 5.82 Å². The monoisotopic (exact) mass is 374 g/mol. The minimum absolute atomic E-state index is 0.0608. The molecule has 0 bridgehead atoms. The third-order valence-corrected chi connectivity index (χ3v) is 4.52. The lowest BCUT2D eigenvalue weighted by Crippen LogP contribution is -2.43. The molecule has 1 amide bonds. The van der Waals surface area contributed by atoms with E-state index in [9.17, 15) is 9.18 Å². The first kappa shape index (κ1) is 20.7. The largest absolute Gasteiger partial charge is 0.493 e. The number of nitrogens with zero attached hydrogens (tertiary/aromatic N) is 1. The lowest BCUT2D eigenvalue weighted by molar-refractivity contribution is -0.125. The zero-order chi connectivity index (χ0) is 19.8. The van der Waals surface area contributed by atoms with Gasteiger partial charge in [-0.1, -0.05) is 18.2 Å². The summed E-state index contributed by atoms with van der Waals surface area (Å²) < 4.78 is 23.8. The van der Waals surface area contributed by atoms with Gasteiger partial charge in [-0.05, 0) is 55.8 Å². The first-order valence-electron chi connectivity index (χ1n) is 8.88. The third kappa shape index (κ3) is 5.96. The van der Waals surface area contributed by atoms with E-state index in [1.54, 1.807) is 20.3 Å². The number of halogens is 1. The molecule has 0 fully saturated rings. The highest BCUT2D eigenvalue weighted by Gasteiger charge is 2.18. The standard InChI is InChI=1S/C21H27FN2O3/c1-15(24(2)14-17-6-5-7-18(22)12-17)21(25)23-11-10-16-8-9-19(26-3)20(13-16)27-4/h5-9,12-13,15H,10-11,14H2,1-4H3,(H,23,25). The Bertz CT molecular complexity index is 767. The summed E-state index contributed by atoms with van der Waals surface area (Å²) in [5, 5.41) is 2.95. The average molecular weight is 374 g/mol. The minimum atomic E-state index is -0.321. The predicted molar refractivity (Wildman–Crippen MR) is 104 cm³/mol. The molecule has 0 radical (unpaired) electrons. The molecular weight excluding hydrogens is 347 g/mol. The molecule has 0 aliphatic carbocycles. The number of likely N-dealkylation sites (N-methyl/N-ethyl adjacent to an activating group) is 1. The van der Waals surface area contributed by atoms with Crippen LogP contribution < -0.4 is 14.8 Å². The van der Waals surface area contributed by atoms with Gasteiger partial charge < -0.3 is 14.8 Å². The number of rotatable bonds is 9. The summed E-state index contributed by atoms with van der Waals surface area (Å²) >= 11 is 0. The quantitative estimate of drug-likeness (QED) is 0.733. The highest BCUT2D eigenvalue weighted by Crippen LogP contribution is 2.27. The Kier molecular flexibility index (Phi) is 7.61. The van der Waals surface area contributed by atoms with Crippen molar-refractivity contribution >= 4 is 5.91 Å². The van der Waals surface area contributed by atoms with Crippen LogP contribution in [0.2, 0.25) is 0 Å². The number of amides is 1. The van der Waals surface area contributed by atoms with Crippen molar-refractivity contribution in [2.45, 2.75) is 25.9 Å². The molecule has 6 heteroatoms. The molecule has 0 saturated carbocycles. The zero-order valence-corrected chi connectivity index (χ0v) is 16.3. The predicted octanol–water partition coefficient (Wildman–Crippen LogP) is 3.02. The van der Waals surface area contributed by atoms with Crippen LogP contribution in [0.1, 0.15) is 18.1 Å². The molecule has 2 rings (SSSR count). The molecule has 1 N–H and O–H groups in total. The summed E-state index contributed by atoms with van der Waals surface area (Å²) in [4.78, 5) is 14.3. The van der Waals surface area contributed by atoms with Gasteiger partial charge in [0.1, 0.15) is 5.82 Å². The number of carbonyl (C=O) groups excluding carboxylic acids is 1. The van der Waals surface area contributed by atoms with Crippen molar-refractivity contribution in [2.24, 2.45) is 0 Å². The van der Waals surface area contributed by atoms with Crippen molar-refractivity contribution in [1.29, 1.82) is 0 Å². The maximum absolute atomic E-state index is 13.3. The maximum Gasteiger partial charge on any atom is 0.237 e. The second-order valence-corrected chi connectivity index (χ2v) is 6.45. The summed E-state index contributed by atoms with van der Waals surface area (Å²) in [5.74, 6) is 1.02. The Morgan fingerprint density at radius 3 is 2.52 bits per heavy atom. The van der Waals surface area contributed by atoms with Crippen LogP contribution in [0.5, 0.6) is 11.5 Å². The van der Waals surface area contributed by atoms with Gasteiger partial charge in [-0.2, -0.15) is 0 Å². The van der Waals surface area contributed by atoms with Gasteiger partial charge in [0.05, 0.1) is 20.3 Å². The molecule has 0 aromatic heterocycles. The van der Waals surface area contributed by atoms with E-state index >= 15 is 0 Å². The number of methoxy groups -OCH3 is 2. The first-order valence-corrected chi connectivity index (χ1v) is 8.88. The fraction of sp³-hybridized carbons (Fsp3) is 0.381. The molecule has 2 aromatic carbocycles. The number of hydrogen-bond donors (Lipinski definition) is 1. The van der Waals surface area contributed by atoms with Gasteiger partial charge in [0.2, 0.25) is 5.91 Å². The third-order valence-electron chi connectivity index (χ3n) is 4.52. The van der Waals surface area contributed by atoms with Crippen molar-refractivity contribution < 1.29 is 18.7 Å². The average Bonchev–Trinajstić information content (AvgIpc) is 2.67. The van der Waals surface area contributed by atoms with Crippen LogP contribution in [0.25, 0.3) is 0 Å². The van der Waals surface area contributed by atoms with Gasteiger partial charge in [-0.25, -0.2) is 4.39 Å². The molecule has 0 spiro atoms. The van der Waals surface area contributed by atoms with Gasteiger partial charge in [-0.3, -0.25) is 9.69 Å². The van der Waals surface area contributed by atoms with Gasteiger partial charge in [0, 0.05) is 13.1 Å². The highest BCUT2D eigenvalue weighted by atomic mass is 19.1. The van der Waals surface area contributed by atoms with Crippen LogP contribution >= 0.6 is 0 Å². The molecule has 1 atom stereocenters. The first-order chi connectivity index (χ1) is 12.9. The van der Waals surface area contributed by atoms with E-state index in [4.69, 9.17) is 9.47 Å². The summed E-state index contributed by atoms with van der Waals surface area (Å²) in [6, 6.07) is 11.8. The van der Waals surface area contributed by atoms with E-state index in [0.717, 1.165) is 11.1 Å². The Hall–Kier alpha value is -2.60. The number of ether oxygens (including phenoxy) is 2. The van der Waals surface area contributed by atoms with Gasteiger partial charge >= 0.3 is 0 Å². The van der Waals surface area contributed by atoms with Crippen LogP contribution in [-0.4, -0.2) is 44.7 Å². The Morgan fingerprint density at radius 2 is 1.85 bits per heavy atom. The van der Waals surface area contributed by atoms with Crippen LogP contribution in [0.3, 0.4) is 0 Å². The van der Waals surface area contributed by atoms with Crippen LogP contribution in [0.4, 0.5) is 4.39 Å². The Labute approximate surface area is 160 Å². The molecule has 5 nitrogen and oxygen atoms in total. The number of hydrogen-bond acceptors (Lipinski definition) is 4. The zero-order valence-electron chi connectivity index (χ0n) is 16.3. The van der Waals surface area contributed by atoms with Crippen LogP contribution in [-0.2, 0) is 17.8 Å². The Morgan fingerprint density at radius 1 is 1.11 bits per heavy atom. The van der Waals surface area contributed by atoms with E-state index in [1.807, 2.05) is 43.1 Å². The van der Waals surface area contributed by atoms with E-state index < -0.39 is 0 Å². The smallest absolute Gasteiger partial charge is 0.237 e. The molecule has 0 saturated heterocycles. The molecule has 0 aliphatic heterocycles.